The number of hydrogen-bond donors (Lipinski definition) is 2. The maximum atomic E-state index is 12.5. The van der Waals surface area contributed by atoms with Gasteiger partial charge >= 0.3 is 0 Å². The number of nitrogens with one attached hydrogen (secondary N) is 2. The van der Waals surface area contributed by atoms with Crippen molar-refractivity contribution in [3.63, 3.8) is 0 Å². The van der Waals surface area contributed by atoms with Crippen molar-refractivity contribution in [2.75, 3.05) is 79.0 Å². The standard InChI is InChI=1S/C50H102N4O2S2/c1-7-9-11-13-15-17-19-21-24-28-32-36-43-53(3,4)44-37-33-29-26-23-27-31-35-40-49(55)52-42-47-58-57-46-39-41-51-50(56)48-54(5,6)45-38-34-30-25-22-20-18-16-14-12-10-8-2/h7-48H2,1-6H3/p+2. The summed E-state index contributed by atoms with van der Waals surface area (Å²) in [6, 6.07) is 0. The number of amides is 2. The Morgan fingerprint density at radius 3 is 1.10 bits per heavy atom. The van der Waals surface area contributed by atoms with Gasteiger partial charge in [0.2, 0.25) is 5.91 Å². The summed E-state index contributed by atoms with van der Waals surface area (Å²) >= 11 is 0. The number of quaternary nitrogens is 2. The van der Waals surface area contributed by atoms with Crippen LogP contribution in [-0.2, 0) is 9.59 Å². The van der Waals surface area contributed by atoms with Crippen LogP contribution in [0.1, 0.15) is 232 Å². The van der Waals surface area contributed by atoms with E-state index in [1.165, 1.54) is 217 Å². The van der Waals surface area contributed by atoms with E-state index in [1.807, 2.05) is 21.6 Å². The molecule has 8 heteroatoms. The van der Waals surface area contributed by atoms with Crippen LogP contribution in [0.5, 0.6) is 0 Å². The summed E-state index contributed by atoms with van der Waals surface area (Å²) in [5.74, 6) is 2.33. The monoisotopic (exact) mass is 857 g/mol. The van der Waals surface area contributed by atoms with Gasteiger partial charge in [0, 0.05) is 31.0 Å². The molecule has 0 spiro atoms. The zero-order valence-electron chi connectivity index (χ0n) is 40.2. The Morgan fingerprint density at radius 1 is 0.362 bits per heavy atom. The first-order valence-corrected chi connectivity index (χ1v) is 28.0. The van der Waals surface area contributed by atoms with Crippen molar-refractivity contribution in [2.45, 2.75) is 232 Å². The molecule has 0 bridgehead atoms. The Kier molecular flexibility index (Phi) is 42.9. The van der Waals surface area contributed by atoms with Gasteiger partial charge in [0.25, 0.3) is 5.91 Å². The molecule has 346 valence electrons. The Hall–Kier alpha value is -0.440. The minimum absolute atomic E-state index is 0.175. The van der Waals surface area contributed by atoms with Crippen LogP contribution in [0, 0.1) is 0 Å². The van der Waals surface area contributed by atoms with Crippen LogP contribution < -0.4 is 10.6 Å². The fourth-order valence-corrected chi connectivity index (χ4v) is 10.1. The Labute approximate surface area is 372 Å². The molecule has 0 heterocycles. The lowest BCUT2D eigenvalue weighted by molar-refractivity contribution is -0.890. The molecular weight excluding hydrogens is 753 g/mol. The predicted molar refractivity (Wildman–Crippen MR) is 263 cm³/mol. The van der Waals surface area contributed by atoms with Gasteiger partial charge in [-0.15, -0.1) is 0 Å². The zero-order chi connectivity index (χ0) is 42.7. The van der Waals surface area contributed by atoms with E-state index in [1.54, 1.807) is 0 Å². The van der Waals surface area contributed by atoms with Crippen molar-refractivity contribution in [3.05, 3.63) is 0 Å². The van der Waals surface area contributed by atoms with Crippen LogP contribution in [-0.4, -0.2) is 99.7 Å². The van der Waals surface area contributed by atoms with Crippen LogP contribution in [0.4, 0.5) is 0 Å². The number of likely N-dealkylation sites (N-methyl/N-ethyl adjacent to an activating group) is 1. The molecule has 2 N–H and O–H groups in total. The van der Waals surface area contributed by atoms with E-state index < -0.39 is 0 Å². The van der Waals surface area contributed by atoms with E-state index in [-0.39, 0.29) is 11.8 Å². The number of unbranched alkanes of at least 4 members (excludes halogenated alkanes) is 29. The van der Waals surface area contributed by atoms with Gasteiger partial charge in [-0.2, -0.15) is 0 Å². The quantitative estimate of drug-likeness (QED) is 0.0364. The molecule has 0 radical (unpaired) electrons. The van der Waals surface area contributed by atoms with Crippen molar-refractivity contribution in [1.29, 1.82) is 0 Å². The second-order valence-electron chi connectivity index (χ2n) is 19.3. The van der Waals surface area contributed by atoms with Gasteiger partial charge in [-0.1, -0.05) is 196 Å². The highest BCUT2D eigenvalue weighted by Crippen LogP contribution is 2.21. The molecule has 6 nitrogen and oxygen atoms in total. The molecule has 0 aliphatic carbocycles. The van der Waals surface area contributed by atoms with Gasteiger partial charge < -0.3 is 19.6 Å². The number of nitrogens with zero attached hydrogens (tertiary/aromatic N) is 2. The van der Waals surface area contributed by atoms with E-state index >= 15 is 0 Å². The average Bonchev–Trinajstić information content (AvgIpc) is 3.18. The molecule has 0 rings (SSSR count). The van der Waals surface area contributed by atoms with Gasteiger partial charge in [0.15, 0.2) is 6.54 Å². The van der Waals surface area contributed by atoms with Crippen LogP contribution in [0.15, 0.2) is 0 Å². The van der Waals surface area contributed by atoms with Gasteiger partial charge in [-0.3, -0.25) is 9.59 Å². The normalized spacial score (nSPS) is 12.0. The van der Waals surface area contributed by atoms with Crippen molar-refractivity contribution < 1.29 is 18.6 Å². The summed E-state index contributed by atoms with van der Waals surface area (Å²) in [6.07, 6.45) is 45.4. The van der Waals surface area contributed by atoms with Crippen LogP contribution >= 0.6 is 21.6 Å². The van der Waals surface area contributed by atoms with Gasteiger partial charge in [0.05, 0.1) is 47.8 Å². The smallest absolute Gasteiger partial charge is 0.275 e. The van der Waals surface area contributed by atoms with E-state index in [2.05, 4.69) is 52.7 Å². The first-order chi connectivity index (χ1) is 28.1. The predicted octanol–water partition coefficient (Wildman–Crippen LogP) is 14.1. The molecule has 0 unspecified atom stereocenters. The summed E-state index contributed by atoms with van der Waals surface area (Å²) in [5, 5.41) is 6.23. The largest absolute Gasteiger partial charge is 0.355 e. The van der Waals surface area contributed by atoms with Crippen molar-refractivity contribution >= 4 is 33.4 Å². The highest BCUT2D eigenvalue weighted by atomic mass is 33.1. The second-order valence-corrected chi connectivity index (χ2v) is 22.0. The van der Waals surface area contributed by atoms with Crippen molar-refractivity contribution in [1.82, 2.24) is 10.6 Å². The third-order valence-corrected chi connectivity index (χ3v) is 14.5. The Morgan fingerprint density at radius 2 is 0.690 bits per heavy atom. The van der Waals surface area contributed by atoms with Crippen LogP contribution in [0.3, 0.4) is 0 Å². The Bertz CT molecular complexity index is 888. The van der Waals surface area contributed by atoms with Crippen LogP contribution in [0.2, 0.25) is 0 Å². The Balaban J connectivity index is 3.49. The lowest BCUT2D eigenvalue weighted by Gasteiger charge is -2.30. The summed E-state index contributed by atoms with van der Waals surface area (Å²) in [6.45, 7) is 10.4. The number of carbonyl (C=O) groups excluding carboxylic acids is 2. The molecule has 58 heavy (non-hydrogen) atoms. The van der Waals surface area contributed by atoms with Crippen molar-refractivity contribution in [2.24, 2.45) is 0 Å². The van der Waals surface area contributed by atoms with E-state index in [4.69, 9.17) is 0 Å². The summed E-state index contributed by atoms with van der Waals surface area (Å²) < 4.78 is 1.97. The molecule has 2 amide bonds. The molecule has 0 atom stereocenters. The molecule has 0 aromatic heterocycles. The molecule has 0 fully saturated rings. The molecule has 0 saturated carbocycles. The van der Waals surface area contributed by atoms with E-state index in [0.717, 1.165) is 48.5 Å². The fourth-order valence-electron chi connectivity index (χ4n) is 8.08. The van der Waals surface area contributed by atoms with Gasteiger partial charge in [-0.25, -0.2) is 0 Å². The summed E-state index contributed by atoms with van der Waals surface area (Å²) in [5.41, 5.74) is 0. The number of hydrogen-bond acceptors (Lipinski definition) is 4. The molecule has 0 aromatic carbocycles. The molecule has 0 aliphatic rings. The topological polar surface area (TPSA) is 58.2 Å². The SMILES string of the molecule is CCCCCCCCCCCCCC[N+](C)(C)CCCCCCCCCCC(=O)NCCSSCCCNC(=O)C[N+](C)(C)CCCCCCCCCCCCCC. The number of carbonyl (C=O) groups is 2. The lowest BCUT2D eigenvalue weighted by atomic mass is 10.0. The van der Waals surface area contributed by atoms with Gasteiger partial charge in [0.1, 0.15) is 0 Å². The summed E-state index contributed by atoms with van der Waals surface area (Å²) in [4.78, 5) is 24.8. The first kappa shape index (κ1) is 57.6. The maximum Gasteiger partial charge on any atom is 0.275 e. The van der Waals surface area contributed by atoms with Gasteiger partial charge in [-0.05, 0) is 51.4 Å². The average molecular weight is 858 g/mol. The van der Waals surface area contributed by atoms with Crippen LogP contribution in [0.25, 0.3) is 0 Å². The minimum atomic E-state index is 0.175. The molecule has 0 aromatic rings. The molecule has 0 aliphatic heterocycles. The zero-order valence-corrected chi connectivity index (χ0v) is 41.9. The highest BCUT2D eigenvalue weighted by Gasteiger charge is 2.19. The third kappa shape index (κ3) is 45.1. The molecule has 0 saturated heterocycles. The second kappa shape index (κ2) is 43.2. The highest BCUT2D eigenvalue weighted by molar-refractivity contribution is 8.76. The van der Waals surface area contributed by atoms with E-state index in [0.29, 0.717) is 13.0 Å². The maximum absolute atomic E-state index is 12.5. The minimum Gasteiger partial charge on any atom is -0.355 e. The molecular formula is C50H104N4O2S2+2. The third-order valence-electron chi connectivity index (χ3n) is 12.0. The summed E-state index contributed by atoms with van der Waals surface area (Å²) in [7, 11) is 12.9. The first-order valence-electron chi connectivity index (χ1n) is 25.5. The van der Waals surface area contributed by atoms with Crippen molar-refractivity contribution in [3.8, 4) is 0 Å². The fraction of sp³-hybridized carbons (Fsp3) is 0.960. The van der Waals surface area contributed by atoms with E-state index in [9.17, 15) is 9.59 Å². The lowest BCUT2D eigenvalue weighted by Crippen LogP contribution is -2.48. The number of rotatable bonds is 47.